The minimum Gasteiger partial charge on any atom is -0.508 e. The van der Waals surface area contributed by atoms with Crippen molar-refractivity contribution >= 4 is 0 Å². The molecule has 5 aromatic rings. The normalized spacial score (nSPS) is 9.96. The molecule has 0 amide bonds. The number of benzene rings is 5. The molecular formula is C47H64O9. The summed E-state index contributed by atoms with van der Waals surface area (Å²) in [7, 11) is 0. The van der Waals surface area contributed by atoms with Gasteiger partial charge in [-0.25, -0.2) is 0 Å². The van der Waals surface area contributed by atoms with Crippen molar-refractivity contribution in [3.05, 3.63) is 124 Å². The molecule has 0 fully saturated rings. The number of rotatable bonds is 11. The third-order valence-corrected chi connectivity index (χ3v) is 8.54. The van der Waals surface area contributed by atoms with Crippen molar-refractivity contribution in [3.8, 4) is 51.7 Å². The second-order valence-electron chi connectivity index (χ2n) is 13.6. The zero-order chi connectivity index (χ0) is 42.0. The van der Waals surface area contributed by atoms with Crippen molar-refractivity contribution in [2.45, 2.75) is 112 Å². The van der Waals surface area contributed by atoms with Gasteiger partial charge in [-0.15, -0.1) is 0 Å². The SMILES string of the molecule is CCCCCCc1ccc(O)cc1O.CCCCc1ccc(O)cc1O.CCCc1cc(C)cc(O)c1.CCc1ccc(O)cc1O.Cc1ccc(O)cc1O. The molecule has 0 unspecified atom stereocenters. The van der Waals surface area contributed by atoms with Crippen molar-refractivity contribution in [1.82, 2.24) is 0 Å². The van der Waals surface area contributed by atoms with Crippen LogP contribution >= 0.6 is 0 Å². The molecular weight excluding hydrogens is 709 g/mol. The fourth-order valence-corrected chi connectivity index (χ4v) is 5.36. The van der Waals surface area contributed by atoms with E-state index in [0.717, 1.165) is 79.2 Å². The van der Waals surface area contributed by atoms with E-state index < -0.39 is 0 Å². The van der Waals surface area contributed by atoms with Gasteiger partial charge in [0.05, 0.1) is 0 Å². The fraction of sp³-hybridized carbons (Fsp3) is 0.362. The highest BCUT2D eigenvalue weighted by atomic mass is 16.3. The molecule has 0 aliphatic heterocycles. The summed E-state index contributed by atoms with van der Waals surface area (Å²) in [6.07, 6.45) is 11.7. The number of aromatic hydroxyl groups is 9. The Morgan fingerprint density at radius 1 is 0.357 bits per heavy atom. The van der Waals surface area contributed by atoms with Crippen molar-refractivity contribution in [2.24, 2.45) is 0 Å². The van der Waals surface area contributed by atoms with Crippen LogP contribution in [0, 0.1) is 13.8 Å². The van der Waals surface area contributed by atoms with E-state index in [9.17, 15) is 15.3 Å². The molecule has 56 heavy (non-hydrogen) atoms. The van der Waals surface area contributed by atoms with Crippen LogP contribution in [-0.2, 0) is 25.7 Å². The average molecular weight is 773 g/mol. The van der Waals surface area contributed by atoms with Gasteiger partial charge in [-0.1, -0.05) is 90.1 Å². The highest BCUT2D eigenvalue weighted by Gasteiger charge is 2.03. The molecule has 5 aromatic carbocycles. The molecule has 5 rings (SSSR count). The number of aryl methyl sites for hydroxylation is 6. The number of unbranched alkanes of at least 4 members (excludes halogenated alkanes) is 4. The van der Waals surface area contributed by atoms with Crippen LogP contribution in [0.5, 0.6) is 51.7 Å². The largest absolute Gasteiger partial charge is 0.508 e. The quantitative estimate of drug-likeness (QED) is 0.0590. The van der Waals surface area contributed by atoms with E-state index >= 15 is 0 Å². The van der Waals surface area contributed by atoms with Gasteiger partial charge >= 0.3 is 0 Å². The van der Waals surface area contributed by atoms with Gasteiger partial charge in [0.25, 0.3) is 0 Å². The van der Waals surface area contributed by atoms with Crippen LogP contribution in [0.15, 0.2) is 91.0 Å². The van der Waals surface area contributed by atoms with Crippen molar-refractivity contribution < 1.29 is 46.0 Å². The van der Waals surface area contributed by atoms with Gasteiger partial charge in [0.15, 0.2) is 0 Å². The summed E-state index contributed by atoms with van der Waals surface area (Å²) < 4.78 is 0. The summed E-state index contributed by atoms with van der Waals surface area (Å²) in [6, 6.07) is 24.4. The van der Waals surface area contributed by atoms with Crippen molar-refractivity contribution in [2.75, 3.05) is 0 Å². The van der Waals surface area contributed by atoms with Gasteiger partial charge in [-0.3, -0.25) is 0 Å². The summed E-state index contributed by atoms with van der Waals surface area (Å²) in [5.41, 5.74) is 5.83. The Labute approximate surface area is 333 Å². The molecule has 0 aliphatic carbocycles. The van der Waals surface area contributed by atoms with Crippen molar-refractivity contribution in [1.29, 1.82) is 0 Å². The van der Waals surface area contributed by atoms with Gasteiger partial charge in [-0.2, -0.15) is 0 Å². The third-order valence-electron chi connectivity index (χ3n) is 8.54. The first kappa shape index (κ1) is 48.3. The standard InChI is InChI=1S/C12H18O2.C10H14O2.C10H14O.C8H10O2.C7H8O2/c1-2-3-4-5-6-10-7-8-11(13)9-12(10)14;1-2-3-4-8-5-6-9(11)7-10(8)12;1-3-4-9-5-8(2)6-10(11)7-9;1-2-6-3-4-7(9)5-8(6)10;1-5-2-3-6(8)4-7(5)9/h7-9,13-14H,2-6H2,1H3;5-7,11-12H,2-4H2,1H3;5-7,11H,3-4H2,1-2H3;3-5,9-10H,2H2,1H3;2-4,8-9H,1H3. The van der Waals surface area contributed by atoms with Gasteiger partial charge in [0.1, 0.15) is 51.7 Å². The van der Waals surface area contributed by atoms with E-state index in [1.54, 1.807) is 55.5 Å². The van der Waals surface area contributed by atoms with Gasteiger partial charge in [0, 0.05) is 24.3 Å². The van der Waals surface area contributed by atoms with Gasteiger partial charge in [-0.05, 0) is 122 Å². The van der Waals surface area contributed by atoms with Crippen LogP contribution in [0.2, 0.25) is 0 Å². The maximum Gasteiger partial charge on any atom is 0.122 e. The number of phenolic OH excluding ortho intramolecular Hbond substituents is 9. The van der Waals surface area contributed by atoms with Crippen LogP contribution in [0.1, 0.15) is 106 Å². The lowest BCUT2D eigenvalue weighted by molar-refractivity contribution is 0.444. The highest BCUT2D eigenvalue weighted by molar-refractivity contribution is 5.41. The molecule has 0 saturated heterocycles. The molecule has 0 heterocycles. The Hall–Kier alpha value is -5.70. The summed E-state index contributed by atoms with van der Waals surface area (Å²) in [5.74, 6) is 1.54. The summed E-state index contributed by atoms with van der Waals surface area (Å²) in [4.78, 5) is 0. The molecule has 0 spiro atoms. The number of hydrogen-bond donors (Lipinski definition) is 9. The third kappa shape index (κ3) is 20.1. The van der Waals surface area contributed by atoms with E-state index in [4.69, 9.17) is 30.6 Å². The first-order chi connectivity index (χ1) is 26.6. The summed E-state index contributed by atoms with van der Waals surface area (Å²) in [5, 5.41) is 81.9. The van der Waals surface area contributed by atoms with E-state index in [1.165, 1.54) is 55.2 Å². The van der Waals surface area contributed by atoms with Crippen LogP contribution in [0.4, 0.5) is 0 Å². The maximum absolute atomic E-state index is 9.49. The highest BCUT2D eigenvalue weighted by Crippen LogP contribution is 2.26. The van der Waals surface area contributed by atoms with E-state index in [-0.39, 0.29) is 46.0 Å². The first-order valence-electron chi connectivity index (χ1n) is 19.4. The number of phenols is 9. The lowest BCUT2D eigenvalue weighted by Crippen LogP contribution is -1.86. The first-order valence-corrected chi connectivity index (χ1v) is 19.4. The Morgan fingerprint density at radius 2 is 0.804 bits per heavy atom. The zero-order valence-electron chi connectivity index (χ0n) is 34.0. The van der Waals surface area contributed by atoms with Crippen molar-refractivity contribution in [3.63, 3.8) is 0 Å². The molecule has 0 aliphatic rings. The lowest BCUT2D eigenvalue weighted by atomic mass is 10.1. The van der Waals surface area contributed by atoms with Crippen LogP contribution < -0.4 is 0 Å². The molecule has 0 saturated carbocycles. The molecule has 0 bridgehead atoms. The Bertz CT molecular complexity index is 1830. The second-order valence-corrected chi connectivity index (χ2v) is 13.6. The molecule has 0 radical (unpaired) electrons. The van der Waals surface area contributed by atoms with Gasteiger partial charge in [0.2, 0.25) is 0 Å². The minimum atomic E-state index is 0.0955. The average Bonchev–Trinajstić information content (AvgIpc) is 3.13. The Kier molecular flexibility index (Phi) is 23.3. The smallest absolute Gasteiger partial charge is 0.122 e. The predicted octanol–water partition coefficient (Wildman–Crippen LogP) is 11.4. The molecule has 0 atom stereocenters. The molecule has 0 aromatic heterocycles. The minimum absolute atomic E-state index is 0.0955. The monoisotopic (exact) mass is 772 g/mol. The molecule has 9 nitrogen and oxygen atoms in total. The molecule has 9 heteroatoms. The zero-order valence-corrected chi connectivity index (χ0v) is 34.0. The van der Waals surface area contributed by atoms with Crippen LogP contribution in [0.3, 0.4) is 0 Å². The topological polar surface area (TPSA) is 182 Å². The molecule has 306 valence electrons. The maximum atomic E-state index is 9.49. The summed E-state index contributed by atoms with van der Waals surface area (Å²) in [6.45, 7) is 12.1. The van der Waals surface area contributed by atoms with Crippen LogP contribution in [0.25, 0.3) is 0 Å². The molecule has 9 N–H and O–H groups in total. The predicted molar refractivity (Wildman–Crippen MR) is 226 cm³/mol. The Balaban J connectivity index is 0.000000353. The van der Waals surface area contributed by atoms with Gasteiger partial charge < -0.3 is 46.0 Å². The van der Waals surface area contributed by atoms with E-state index in [1.807, 2.05) is 19.9 Å². The number of hydrogen-bond acceptors (Lipinski definition) is 9. The fourth-order valence-electron chi connectivity index (χ4n) is 5.36. The Morgan fingerprint density at radius 3 is 1.20 bits per heavy atom. The second kappa shape index (κ2) is 27.0. The van der Waals surface area contributed by atoms with Crippen LogP contribution in [-0.4, -0.2) is 46.0 Å². The van der Waals surface area contributed by atoms with E-state index in [0.29, 0.717) is 5.75 Å². The van der Waals surface area contributed by atoms with E-state index in [2.05, 4.69) is 26.8 Å². The lowest BCUT2D eigenvalue weighted by Gasteiger charge is -2.04. The summed E-state index contributed by atoms with van der Waals surface area (Å²) >= 11 is 0.